The molecular formula is C18H20N6. The van der Waals surface area contributed by atoms with E-state index < -0.39 is 0 Å². The second-order valence-corrected chi connectivity index (χ2v) is 5.75. The third-order valence-corrected chi connectivity index (χ3v) is 4.20. The van der Waals surface area contributed by atoms with Gasteiger partial charge >= 0.3 is 0 Å². The molecule has 122 valence electrons. The first-order valence-corrected chi connectivity index (χ1v) is 8.03. The second kappa shape index (κ2) is 7.09. The molecule has 6 nitrogen and oxygen atoms in total. The zero-order valence-corrected chi connectivity index (χ0v) is 13.7. The van der Waals surface area contributed by atoms with E-state index in [1.54, 1.807) is 12.4 Å². The summed E-state index contributed by atoms with van der Waals surface area (Å²) in [6.07, 6.45) is 17.2. The van der Waals surface area contributed by atoms with Crippen molar-refractivity contribution in [2.45, 2.75) is 26.2 Å². The molecule has 3 aromatic rings. The molecule has 0 aliphatic carbocycles. The third-order valence-electron chi connectivity index (χ3n) is 4.20. The van der Waals surface area contributed by atoms with Crippen molar-refractivity contribution in [3.8, 4) is 24.2 Å². The van der Waals surface area contributed by atoms with E-state index in [0.717, 1.165) is 46.9 Å². The molecule has 0 spiro atoms. The molecule has 1 aliphatic heterocycles. The minimum absolute atomic E-state index is 0.811. The number of nitrogens with zero attached hydrogens (tertiary/aromatic N) is 5. The van der Waals surface area contributed by atoms with Crippen molar-refractivity contribution in [3.63, 3.8) is 0 Å². The highest BCUT2D eigenvalue weighted by Crippen LogP contribution is 2.23. The lowest BCUT2D eigenvalue weighted by Crippen LogP contribution is -2.30. The summed E-state index contributed by atoms with van der Waals surface area (Å²) in [4.78, 5) is 15.9. The smallest absolute Gasteiger partial charge is 0.147 e. The number of hydrogen-bond donors (Lipinski definition) is 1. The molecule has 0 amide bonds. The van der Waals surface area contributed by atoms with Gasteiger partial charge in [-0.3, -0.25) is 15.1 Å². The molecule has 0 radical (unpaired) electrons. The number of fused-ring (bicyclic) bond motifs is 1. The van der Waals surface area contributed by atoms with E-state index in [0.29, 0.717) is 0 Å². The number of rotatable bonds is 2. The Hall–Kier alpha value is -2.94. The van der Waals surface area contributed by atoms with E-state index in [2.05, 4.69) is 37.9 Å². The van der Waals surface area contributed by atoms with Gasteiger partial charge in [0.2, 0.25) is 0 Å². The minimum Gasteiger partial charge on any atom is -0.355 e. The number of aromatic nitrogens is 5. The molecule has 4 heterocycles. The van der Waals surface area contributed by atoms with Crippen molar-refractivity contribution in [2.24, 2.45) is 0 Å². The zero-order chi connectivity index (χ0) is 16.9. The van der Waals surface area contributed by atoms with Crippen molar-refractivity contribution >= 4 is 16.7 Å². The third kappa shape index (κ3) is 3.06. The molecular weight excluding hydrogens is 300 g/mol. The van der Waals surface area contributed by atoms with Gasteiger partial charge in [-0.25, -0.2) is 4.98 Å². The highest BCUT2D eigenvalue weighted by Gasteiger charge is 2.14. The van der Waals surface area contributed by atoms with Gasteiger partial charge in [-0.1, -0.05) is 0 Å². The first-order chi connectivity index (χ1) is 11.8. The van der Waals surface area contributed by atoms with Gasteiger partial charge in [-0.2, -0.15) is 5.10 Å². The molecule has 0 atom stereocenters. The molecule has 4 rings (SSSR count). The van der Waals surface area contributed by atoms with Crippen LogP contribution in [0, 0.1) is 19.8 Å². The summed E-state index contributed by atoms with van der Waals surface area (Å²) in [6, 6.07) is 2.03. The molecule has 0 aromatic carbocycles. The highest BCUT2D eigenvalue weighted by molar-refractivity contribution is 5.83. The van der Waals surface area contributed by atoms with Crippen LogP contribution in [0.3, 0.4) is 0 Å². The van der Waals surface area contributed by atoms with Gasteiger partial charge in [0.15, 0.2) is 0 Å². The topological polar surface area (TPSA) is 70.6 Å². The fraction of sp³-hybridized carbons (Fsp3) is 0.333. The van der Waals surface area contributed by atoms with E-state index in [1.807, 2.05) is 19.2 Å². The van der Waals surface area contributed by atoms with E-state index in [1.165, 1.54) is 19.3 Å². The highest BCUT2D eigenvalue weighted by atomic mass is 15.2. The predicted octanol–water partition coefficient (Wildman–Crippen LogP) is 2.96. The number of H-pyrrole nitrogens is 1. The van der Waals surface area contributed by atoms with Crippen LogP contribution in [0.5, 0.6) is 0 Å². The quantitative estimate of drug-likeness (QED) is 0.735. The molecule has 0 unspecified atom stereocenters. The normalized spacial score (nSPS) is 14.2. The Balaban J connectivity index is 0.000000815. The minimum atomic E-state index is 0.811. The average molecular weight is 320 g/mol. The molecule has 3 aromatic heterocycles. The first kappa shape index (κ1) is 15.9. The summed E-state index contributed by atoms with van der Waals surface area (Å²) >= 11 is 0. The molecule has 1 N–H and O–H groups in total. The monoisotopic (exact) mass is 320 g/mol. The molecule has 1 saturated heterocycles. The molecule has 1 aliphatic rings. The van der Waals surface area contributed by atoms with E-state index >= 15 is 0 Å². The van der Waals surface area contributed by atoms with Crippen LogP contribution in [-0.2, 0) is 0 Å². The summed E-state index contributed by atoms with van der Waals surface area (Å²) < 4.78 is 0. The average Bonchev–Trinajstić information content (AvgIpc) is 3.05. The van der Waals surface area contributed by atoms with Crippen LogP contribution >= 0.6 is 0 Å². The van der Waals surface area contributed by atoms with E-state index in [9.17, 15) is 0 Å². The van der Waals surface area contributed by atoms with Crippen molar-refractivity contribution < 1.29 is 0 Å². The molecule has 0 bridgehead atoms. The van der Waals surface area contributed by atoms with Gasteiger partial charge in [0, 0.05) is 24.2 Å². The number of pyridine rings is 1. The second-order valence-electron chi connectivity index (χ2n) is 5.75. The molecule has 0 saturated carbocycles. The summed E-state index contributed by atoms with van der Waals surface area (Å²) in [5.41, 5.74) is 3.56. The van der Waals surface area contributed by atoms with E-state index in [4.69, 9.17) is 4.98 Å². The van der Waals surface area contributed by atoms with Crippen LogP contribution in [0.1, 0.15) is 25.0 Å². The number of hydrogen-bond acceptors (Lipinski definition) is 5. The predicted molar refractivity (Wildman–Crippen MR) is 95.6 cm³/mol. The fourth-order valence-corrected chi connectivity index (χ4v) is 2.94. The maximum Gasteiger partial charge on any atom is 0.147 e. The van der Waals surface area contributed by atoms with Crippen LogP contribution in [0.2, 0.25) is 0 Å². The number of nitrogens with one attached hydrogen (secondary N) is 1. The summed E-state index contributed by atoms with van der Waals surface area (Å²) in [5.74, 6) is 0.947. The number of anilines is 1. The Kier molecular flexibility index (Phi) is 4.71. The number of piperidine rings is 1. The summed E-state index contributed by atoms with van der Waals surface area (Å²) in [6.45, 7) is 4.13. The van der Waals surface area contributed by atoms with Crippen LogP contribution in [0.15, 0.2) is 24.7 Å². The van der Waals surface area contributed by atoms with Gasteiger partial charge < -0.3 is 4.90 Å². The summed E-state index contributed by atoms with van der Waals surface area (Å²) in [7, 11) is 0. The van der Waals surface area contributed by atoms with Gasteiger partial charge in [0.25, 0.3) is 0 Å². The van der Waals surface area contributed by atoms with Gasteiger partial charge in [0.05, 0.1) is 24.3 Å². The largest absolute Gasteiger partial charge is 0.355 e. The van der Waals surface area contributed by atoms with Gasteiger partial charge in [0.1, 0.15) is 17.0 Å². The number of terminal acetylenes is 1. The van der Waals surface area contributed by atoms with E-state index in [-0.39, 0.29) is 0 Å². The zero-order valence-electron chi connectivity index (χ0n) is 13.7. The van der Waals surface area contributed by atoms with Crippen molar-refractivity contribution in [3.05, 3.63) is 30.4 Å². The Bertz CT molecular complexity index is 845. The maximum absolute atomic E-state index is 4.76. The fourth-order valence-electron chi connectivity index (χ4n) is 2.94. The number of aryl methyl sites for hydroxylation is 1. The van der Waals surface area contributed by atoms with Crippen molar-refractivity contribution in [1.29, 1.82) is 0 Å². The van der Waals surface area contributed by atoms with Crippen molar-refractivity contribution in [2.75, 3.05) is 18.0 Å². The van der Waals surface area contributed by atoms with Crippen LogP contribution < -0.4 is 4.90 Å². The van der Waals surface area contributed by atoms with Crippen LogP contribution in [-0.4, -0.2) is 38.2 Å². The summed E-state index contributed by atoms with van der Waals surface area (Å²) in [5, 5.41) is 8.28. The Morgan fingerprint density at radius 3 is 2.62 bits per heavy atom. The van der Waals surface area contributed by atoms with Crippen LogP contribution in [0.4, 0.5) is 5.82 Å². The first-order valence-electron chi connectivity index (χ1n) is 8.03. The standard InChI is InChI=1S/C16H18N6.C2H2/c1-11-12-7-13(18-9-14(12)21-20-11)15-8-17-10-16(19-15)22-5-3-2-4-6-22;1-2/h7-10H,2-6H2,1H3,(H,20,21);1-2H. The molecule has 6 heteroatoms. The SMILES string of the molecule is C#C.Cc1[nH]nc2cnc(-c3cncc(N4CCCCC4)n3)cc12. The lowest BCUT2D eigenvalue weighted by atomic mass is 10.1. The Morgan fingerprint density at radius 1 is 1.04 bits per heavy atom. The molecule has 24 heavy (non-hydrogen) atoms. The van der Waals surface area contributed by atoms with Crippen LogP contribution in [0.25, 0.3) is 22.3 Å². The van der Waals surface area contributed by atoms with Gasteiger partial charge in [-0.15, -0.1) is 12.8 Å². The van der Waals surface area contributed by atoms with Gasteiger partial charge in [-0.05, 0) is 32.3 Å². The molecule has 1 fully saturated rings. The maximum atomic E-state index is 4.76. The Labute approximate surface area is 141 Å². The lowest BCUT2D eigenvalue weighted by molar-refractivity contribution is 0.573. The van der Waals surface area contributed by atoms with Crippen molar-refractivity contribution in [1.82, 2.24) is 25.1 Å². The lowest BCUT2D eigenvalue weighted by Gasteiger charge is -2.27. The Morgan fingerprint density at radius 2 is 1.83 bits per heavy atom. The number of aromatic amines is 1.